The Morgan fingerprint density at radius 1 is 0.640 bits per heavy atom. The van der Waals surface area contributed by atoms with Crippen LogP contribution in [0.4, 0.5) is 0 Å². The molecule has 0 bridgehead atoms. The lowest BCUT2D eigenvalue weighted by atomic mass is 9.98. The average Bonchev–Trinajstić information content (AvgIpc) is 3.08. The molecule has 264 valence electrons. The Morgan fingerprint density at radius 2 is 1.10 bits per heavy atom. The third kappa shape index (κ3) is 10.9. The van der Waals surface area contributed by atoms with Crippen molar-refractivity contribution >= 4 is 48.2 Å². The van der Waals surface area contributed by atoms with E-state index in [1.54, 1.807) is 32.4 Å². The molecule has 2 heterocycles. The minimum Gasteiger partial charge on any atom is -0.497 e. The van der Waals surface area contributed by atoms with Crippen molar-refractivity contribution in [3.8, 4) is 17.5 Å². The van der Waals surface area contributed by atoms with Crippen molar-refractivity contribution in [2.45, 2.75) is 58.4 Å². The first-order valence-electron chi connectivity index (χ1n) is 15.4. The van der Waals surface area contributed by atoms with Crippen molar-refractivity contribution in [2.24, 2.45) is 0 Å². The van der Waals surface area contributed by atoms with E-state index in [-0.39, 0.29) is 6.01 Å². The van der Waals surface area contributed by atoms with Crippen LogP contribution in [-0.4, -0.2) is 85.4 Å². The standard InChI is InChI=1S/C36H38N2O12/c1-21(39)45-20-31-32(46-22(2)40)33(47-23(3)41)34(48-24(4)42)35(49-31)50-36-37-27(13-7-25-9-15-29(43-5)16-10-25)19-28(38-36)14-8-26-11-17-30(44-6)18-12-26/h7-19,31-35H,20H2,1-6H3/b13-7+,14-8+/t31-,32-,33+,34-,35+/m1/s1. The fraction of sp³-hybridized carbons (Fsp3) is 0.333. The van der Waals surface area contributed by atoms with Crippen LogP contribution in [0.2, 0.25) is 0 Å². The summed E-state index contributed by atoms with van der Waals surface area (Å²) in [5, 5.41) is 0. The normalized spacial score (nSPS) is 20.2. The fourth-order valence-electron chi connectivity index (χ4n) is 4.87. The van der Waals surface area contributed by atoms with E-state index in [2.05, 4.69) is 9.97 Å². The van der Waals surface area contributed by atoms with Gasteiger partial charge < -0.3 is 37.9 Å². The number of aromatic nitrogens is 2. The fourth-order valence-corrected chi connectivity index (χ4v) is 4.87. The van der Waals surface area contributed by atoms with E-state index >= 15 is 0 Å². The van der Waals surface area contributed by atoms with Gasteiger partial charge in [-0.2, -0.15) is 9.97 Å². The number of nitrogens with zero attached hydrogens (tertiary/aromatic N) is 2. The van der Waals surface area contributed by atoms with E-state index in [0.717, 1.165) is 31.9 Å². The van der Waals surface area contributed by atoms with Gasteiger partial charge in [-0.3, -0.25) is 19.2 Å². The van der Waals surface area contributed by atoms with Crippen molar-refractivity contribution in [1.82, 2.24) is 9.97 Å². The lowest BCUT2D eigenvalue weighted by Gasteiger charge is -2.43. The minimum absolute atomic E-state index is 0.197. The molecule has 5 atom stereocenters. The van der Waals surface area contributed by atoms with Crippen molar-refractivity contribution in [3.63, 3.8) is 0 Å². The predicted molar refractivity (Wildman–Crippen MR) is 178 cm³/mol. The molecule has 50 heavy (non-hydrogen) atoms. The van der Waals surface area contributed by atoms with Crippen molar-refractivity contribution in [3.05, 3.63) is 77.1 Å². The molecule has 0 amide bonds. The second-order valence-electron chi connectivity index (χ2n) is 10.9. The molecule has 14 nitrogen and oxygen atoms in total. The van der Waals surface area contributed by atoms with E-state index in [1.807, 2.05) is 60.7 Å². The number of esters is 4. The molecule has 4 rings (SSSR count). The zero-order valence-electron chi connectivity index (χ0n) is 28.4. The largest absolute Gasteiger partial charge is 0.497 e. The maximum absolute atomic E-state index is 12.3. The van der Waals surface area contributed by atoms with Gasteiger partial charge in [0.2, 0.25) is 12.4 Å². The number of hydrogen-bond acceptors (Lipinski definition) is 14. The van der Waals surface area contributed by atoms with E-state index in [1.165, 1.54) is 6.92 Å². The SMILES string of the molecule is COc1ccc(/C=C/c2cc(/C=C/c3ccc(OC)cc3)nc(O[C@@H]3O[C@H](COC(C)=O)[C@@H](OC(C)=O)[C@H](OC(C)=O)[C@H]3OC(C)=O)n2)cc1. The number of ether oxygens (including phenoxy) is 8. The molecule has 0 saturated carbocycles. The molecule has 1 aromatic heterocycles. The zero-order chi connectivity index (χ0) is 36.2. The number of carbonyl (C=O) groups is 4. The number of carbonyl (C=O) groups excluding carboxylic acids is 4. The summed E-state index contributed by atoms with van der Waals surface area (Å²) >= 11 is 0. The van der Waals surface area contributed by atoms with Crippen LogP contribution in [0.25, 0.3) is 24.3 Å². The monoisotopic (exact) mass is 690 g/mol. The third-order valence-electron chi connectivity index (χ3n) is 7.04. The number of benzene rings is 2. The summed E-state index contributed by atoms with van der Waals surface area (Å²) in [4.78, 5) is 57.4. The second kappa shape index (κ2) is 17.6. The Balaban J connectivity index is 1.75. The molecule has 1 aliphatic rings. The Hall–Kier alpha value is -5.76. The van der Waals surface area contributed by atoms with Crippen LogP contribution in [0.1, 0.15) is 50.2 Å². The van der Waals surface area contributed by atoms with Gasteiger partial charge in [-0.15, -0.1) is 0 Å². The zero-order valence-corrected chi connectivity index (χ0v) is 28.4. The Labute approximate surface area is 288 Å². The van der Waals surface area contributed by atoms with Gasteiger partial charge in [0.25, 0.3) is 0 Å². The van der Waals surface area contributed by atoms with Gasteiger partial charge in [-0.1, -0.05) is 36.4 Å². The van der Waals surface area contributed by atoms with E-state index < -0.39 is 61.2 Å². The highest BCUT2D eigenvalue weighted by Gasteiger charge is 2.53. The van der Waals surface area contributed by atoms with Crippen LogP contribution in [0, 0.1) is 0 Å². The molecule has 0 N–H and O–H groups in total. The van der Waals surface area contributed by atoms with Crippen LogP contribution >= 0.6 is 0 Å². The predicted octanol–water partition coefficient (Wildman–Crippen LogP) is 4.30. The van der Waals surface area contributed by atoms with Crippen LogP contribution < -0.4 is 14.2 Å². The van der Waals surface area contributed by atoms with Gasteiger partial charge in [0.1, 0.15) is 24.2 Å². The van der Waals surface area contributed by atoms with Crippen LogP contribution in [0.5, 0.6) is 17.5 Å². The molecule has 2 aromatic carbocycles. The van der Waals surface area contributed by atoms with Gasteiger partial charge in [0, 0.05) is 27.7 Å². The van der Waals surface area contributed by atoms with Gasteiger partial charge in [0.05, 0.1) is 25.6 Å². The van der Waals surface area contributed by atoms with Gasteiger partial charge in [-0.25, -0.2) is 0 Å². The van der Waals surface area contributed by atoms with Crippen LogP contribution in [0.3, 0.4) is 0 Å². The van der Waals surface area contributed by atoms with Crippen LogP contribution in [0.15, 0.2) is 54.6 Å². The Bertz CT molecular complexity index is 1630. The van der Waals surface area contributed by atoms with Crippen LogP contribution in [-0.2, 0) is 42.9 Å². The highest BCUT2D eigenvalue weighted by molar-refractivity contribution is 5.72. The molecule has 0 aliphatic carbocycles. The molecule has 0 spiro atoms. The van der Waals surface area contributed by atoms with Gasteiger partial charge >= 0.3 is 29.9 Å². The summed E-state index contributed by atoms with van der Waals surface area (Å²) in [6.45, 7) is 4.17. The lowest BCUT2D eigenvalue weighted by molar-refractivity contribution is -0.289. The second-order valence-corrected chi connectivity index (χ2v) is 10.9. The van der Waals surface area contributed by atoms with Crippen molar-refractivity contribution in [1.29, 1.82) is 0 Å². The molecule has 1 saturated heterocycles. The first-order chi connectivity index (χ1) is 23.9. The van der Waals surface area contributed by atoms with E-state index in [4.69, 9.17) is 37.9 Å². The third-order valence-corrected chi connectivity index (χ3v) is 7.04. The minimum atomic E-state index is -1.52. The summed E-state index contributed by atoms with van der Waals surface area (Å²) in [7, 11) is 3.17. The first-order valence-corrected chi connectivity index (χ1v) is 15.4. The highest BCUT2D eigenvalue weighted by atomic mass is 16.7. The molecular weight excluding hydrogens is 652 g/mol. The summed E-state index contributed by atoms with van der Waals surface area (Å²) in [6.07, 6.45) is 0.187. The average molecular weight is 691 g/mol. The first kappa shape index (κ1) is 37.1. The molecule has 3 aromatic rings. The summed E-state index contributed by atoms with van der Waals surface area (Å²) < 4.78 is 44.3. The smallest absolute Gasteiger partial charge is 0.319 e. The highest BCUT2D eigenvalue weighted by Crippen LogP contribution is 2.31. The van der Waals surface area contributed by atoms with E-state index in [9.17, 15) is 19.2 Å². The van der Waals surface area contributed by atoms with Gasteiger partial charge in [0.15, 0.2) is 12.2 Å². The van der Waals surface area contributed by atoms with Crippen molar-refractivity contribution < 1.29 is 57.1 Å². The summed E-state index contributed by atoms with van der Waals surface area (Å²) in [5.41, 5.74) is 2.60. The molecule has 14 heteroatoms. The van der Waals surface area contributed by atoms with Gasteiger partial charge in [-0.05, 0) is 53.6 Å². The van der Waals surface area contributed by atoms with Crippen molar-refractivity contribution in [2.75, 3.05) is 20.8 Å². The molecule has 0 unspecified atom stereocenters. The Kier molecular flexibility index (Phi) is 13.0. The Morgan fingerprint density at radius 3 is 1.54 bits per heavy atom. The molecule has 0 radical (unpaired) electrons. The maximum Gasteiger partial charge on any atom is 0.319 e. The quantitative estimate of drug-likeness (QED) is 0.184. The molecule has 1 fully saturated rings. The lowest BCUT2D eigenvalue weighted by Crippen LogP contribution is -2.63. The number of methoxy groups -OCH3 is 2. The maximum atomic E-state index is 12.3. The summed E-state index contributed by atoms with van der Waals surface area (Å²) in [6, 6.07) is 16.3. The van der Waals surface area contributed by atoms with E-state index in [0.29, 0.717) is 22.9 Å². The number of rotatable bonds is 13. The molecule has 1 aliphatic heterocycles. The summed E-state index contributed by atoms with van der Waals surface area (Å²) in [5.74, 6) is -1.54. The topological polar surface area (TPSA) is 168 Å². The molecular formula is C36H38N2O12. The number of hydrogen-bond donors (Lipinski definition) is 0.